The van der Waals surface area contributed by atoms with Crippen molar-refractivity contribution in [3.05, 3.63) is 77.9 Å². The molecular formula is C26H29N3O5. The van der Waals surface area contributed by atoms with E-state index < -0.39 is 0 Å². The zero-order chi connectivity index (χ0) is 24.5. The highest BCUT2D eigenvalue weighted by Gasteiger charge is 2.23. The lowest BCUT2D eigenvalue weighted by Gasteiger charge is -2.18. The van der Waals surface area contributed by atoms with E-state index in [2.05, 4.69) is 10.6 Å². The number of rotatable bonds is 10. The summed E-state index contributed by atoms with van der Waals surface area (Å²) in [5, 5.41) is 5.68. The van der Waals surface area contributed by atoms with Gasteiger partial charge < -0.3 is 29.7 Å². The quantitative estimate of drug-likeness (QED) is 0.472. The van der Waals surface area contributed by atoms with Gasteiger partial charge >= 0.3 is 0 Å². The zero-order valence-corrected chi connectivity index (χ0v) is 19.8. The van der Waals surface area contributed by atoms with Crippen LogP contribution in [-0.4, -0.2) is 58.1 Å². The summed E-state index contributed by atoms with van der Waals surface area (Å²) in [6, 6.07) is 19.4. The molecule has 3 aromatic rings. The number of hydrogen-bond donors (Lipinski definition) is 2. The Morgan fingerprint density at radius 3 is 2.26 bits per heavy atom. The summed E-state index contributed by atoms with van der Waals surface area (Å²) < 4.78 is 16.7. The molecule has 2 N–H and O–H groups in total. The predicted molar refractivity (Wildman–Crippen MR) is 131 cm³/mol. The van der Waals surface area contributed by atoms with Crippen molar-refractivity contribution in [2.24, 2.45) is 0 Å². The first kappa shape index (κ1) is 24.6. The fraction of sp³-hybridized carbons (Fsp3) is 0.231. The van der Waals surface area contributed by atoms with Crippen LogP contribution in [0.3, 0.4) is 0 Å². The molecule has 0 bridgehead atoms. The number of carbonyl (C=O) groups excluding carboxylic acids is 2. The topological polar surface area (TPSA) is 89.1 Å². The lowest BCUT2D eigenvalue weighted by molar-refractivity contribution is 0.0943. The Morgan fingerprint density at radius 2 is 1.59 bits per heavy atom. The number of nitrogens with one attached hydrogen (secondary N) is 2. The van der Waals surface area contributed by atoms with Crippen LogP contribution in [0.4, 0.5) is 5.69 Å². The maximum atomic E-state index is 13.0. The van der Waals surface area contributed by atoms with Crippen molar-refractivity contribution < 1.29 is 23.8 Å². The number of nitrogens with zero attached hydrogens (tertiary/aromatic N) is 1. The largest absolute Gasteiger partial charge is 0.496 e. The molecule has 0 radical (unpaired) electrons. The van der Waals surface area contributed by atoms with Crippen molar-refractivity contribution in [3.8, 4) is 23.0 Å². The Morgan fingerprint density at radius 1 is 0.853 bits per heavy atom. The summed E-state index contributed by atoms with van der Waals surface area (Å²) >= 11 is 0. The normalized spacial score (nSPS) is 10.5. The summed E-state index contributed by atoms with van der Waals surface area (Å²) in [6.45, 7) is 1.12. The highest BCUT2D eigenvalue weighted by Crippen LogP contribution is 2.36. The van der Waals surface area contributed by atoms with E-state index in [1.165, 1.54) is 14.2 Å². The first-order valence-electron chi connectivity index (χ1n) is 10.7. The van der Waals surface area contributed by atoms with Crippen LogP contribution in [-0.2, 0) is 0 Å². The summed E-state index contributed by atoms with van der Waals surface area (Å²) in [4.78, 5) is 27.9. The Bertz CT molecular complexity index is 1130. The second-order valence-corrected chi connectivity index (χ2v) is 7.68. The summed E-state index contributed by atoms with van der Waals surface area (Å²) in [7, 11) is 6.75. The third-order valence-corrected chi connectivity index (χ3v) is 4.94. The van der Waals surface area contributed by atoms with Gasteiger partial charge in [0, 0.05) is 18.7 Å². The van der Waals surface area contributed by atoms with Crippen LogP contribution >= 0.6 is 0 Å². The van der Waals surface area contributed by atoms with Gasteiger partial charge in [0.2, 0.25) is 0 Å². The molecule has 178 valence electrons. The van der Waals surface area contributed by atoms with Gasteiger partial charge in [-0.3, -0.25) is 9.59 Å². The molecule has 0 fully saturated rings. The van der Waals surface area contributed by atoms with E-state index in [1.807, 2.05) is 49.3 Å². The minimum atomic E-state index is -0.374. The van der Waals surface area contributed by atoms with E-state index in [1.54, 1.807) is 36.4 Å². The number of hydrogen-bond acceptors (Lipinski definition) is 6. The molecule has 0 saturated carbocycles. The van der Waals surface area contributed by atoms with Crippen molar-refractivity contribution in [1.82, 2.24) is 10.2 Å². The fourth-order valence-corrected chi connectivity index (χ4v) is 3.26. The molecule has 0 atom stereocenters. The van der Waals surface area contributed by atoms with Gasteiger partial charge in [0.1, 0.15) is 22.8 Å². The molecule has 3 aromatic carbocycles. The Balaban J connectivity index is 1.82. The van der Waals surface area contributed by atoms with E-state index in [0.29, 0.717) is 41.6 Å². The molecule has 2 amide bonds. The molecule has 0 aromatic heterocycles. The third kappa shape index (κ3) is 6.26. The predicted octanol–water partition coefficient (Wildman–Crippen LogP) is 4.04. The average molecular weight is 464 g/mol. The second kappa shape index (κ2) is 11.7. The summed E-state index contributed by atoms with van der Waals surface area (Å²) in [5.41, 5.74) is 0.950. The second-order valence-electron chi connectivity index (χ2n) is 7.68. The molecular weight excluding hydrogens is 434 g/mol. The molecule has 0 aliphatic heterocycles. The van der Waals surface area contributed by atoms with Crippen LogP contribution in [0, 0.1) is 0 Å². The summed E-state index contributed by atoms with van der Waals surface area (Å²) in [6.07, 6.45) is 0. The van der Waals surface area contributed by atoms with Gasteiger partial charge in [-0.2, -0.15) is 0 Å². The van der Waals surface area contributed by atoms with Gasteiger partial charge in [0.25, 0.3) is 11.8 Å². The fourth-order valence-electron chi connectivity index (χ4n) is 3.26. The average Bonchev–Trinajstić information content (AvgIpc) is 2.84. The lowest BCUT2D eigenvalue weighted by Crippen LogP contribution is -2.32. The number of ether oxygens (including phenoxy) is 3. The minimum Gasteiger partial charge on any atom is -0.496 e. The first-order chi connectivity index (χ1) is 16.4. The van der Waals surface area contributed by atoms with Gasteiger partial charge in [-0.1, -0.05) is 24.3 Å². The zero-order valence-electron chi connectivity index (χ0n) is 19.8. The van der Waals surface area contributed by atoms with Crippen LogP contribution in [0.15, 0.2) is 66.7 Å². The Labute approximate surface area is 199 Å². The van der Waals surface area contributed by atoms with Crippen LogP contribution < -0.4 is 24.8 Å². The molecule has 0 unspecified atom stereocenters. The van der Waals surface area contributed by atoms with Crippen molar-refractivity contribution >= 4 is 17.5 Å². The Hall–Kier alpha value is -4.04. The van der Waals surface area contributed by atoms with Gasteiger partial charge in [0.15, 0.2) is 5.75 Å². The molecule has 8 nitrogen and oxygen atoms in total. The van der Waals surface area contributed by atoms with Crippen molar-refractivity contribution in [1.29, 1.82) is 0 Å². The number of para-hydroxylation sites is 1. The maximum absolute atomic E-state index is 13.0. The van der Waals surface area contributed by atoms with Crippen LogP contribution in [0.1, 0.15) is 20.7 Å². The smallest absolute Gasteiger partial charge is 0.258 e. The van der Waals surface area contributed by atoms with Gasteiger partial charge in [-0.05, 0) is 56.6 Å². The van der Waals surface area contributed by atoms with Crippen LogP contribution in [0.5, 0.6) is 23.0 Å². The molecule has 3 rings (SSSR count). The molecule has 34 heavy (non-hydrogen) atoms. The van der Waals surface area contributed by atoms with Gasteiger partial charge in [0.05, 0.1) is 19.9 Å². The third-order valence-electron chi connectivity index (χ3n) is 4.94. The highest BCUT2D eigenvalue weighted by molar-refractivity contribution is 6.08. The molecule has 0 aliphatic rings. The molecule has 0 spiro atoms. The van der Waals surface area contributed by atoms with Crippen molar-refractivity contribution in [2.75, 3.05) is 46.7 Å². The number of anilines is 1. The highest BCUT2D eigenvalue weighted by atomic mass is 16.5. The van der Waals surface area contributed by atoms with E-state index >= 15 is 0 Å². The Kier molecular flexibility index (Phi) is 8.48. The molecule has 0 heterocycles. The van der Waals surface area contributed by atoms with E-state index in [0.717, 1.165) is 0 Å². The SMILES string of the molecule is COc1ccc(NC(=O)c2cccc(Oc3ccccc3)c2)c(OC)c1C(=O)NCCN(C)C. The number of likely N-dealkylation sites (N-methyl/N-ethyl adjacent to an activating group) is 1. The van der Waals surface area contributed by atoms with E-state index in [9.17, 15) is 9.59 Å². The number of benzene rings is 3. The van der Waals surface area contributed by atoms with Crippen molar-refractivity contribution in [3.63, 3.8) is 0 Å². The van der Waals surface area contributed by atoms with Crippen LogP contribution in [0.25, 0.3) is 0 Å². The minimum absolute atomic E-state index is 0.211. The molecule has 0 saturated heterocycles. The van der Waals surface area contributed by atoms with Gasteiger partial charge in [-0.15, -0.1) is 0 Å². The van der Waals surface area contributed by atoms with Crippen LogP contribution in [0.2, 0.25) is 0 Å². The van der Waals surface area contributed by atoms with Crippen molar-refractivity contribution in [2.45, 2.75) is 0 Å². The number of amides is 2. The molecule has 0 aliphatic carbocycles. The van der Waals surface area contributed by atoms with Gasteiger partial charge in [-0.25, -0.2) is 0 Å². The number of carbonyl (C=O) groups is 2. The summed E-state index contributed by atoms with van der Waals surface area (Å²) in [5.74, 6) is 1.02. The van der Waals surface area contributed by atoms with E-state index in [4.69, 9.17) is 14.2 Å². The molecule has 8 heteroatoms. The van der Waals surface area contributed by atoms with E-state index in [-0.39, 0.29) is 23.1 Å². The maximum Gasteiger partial charge on any atom is 0.258 e. The monoisotopic (exact) mass is 463 g/mol. The number of methoxy groups -OCH3 is 2. The lowest BCUT2D eigenvalue weighted by atomic mass is 10.1. The standard InChI is InChI=1S/C26H29N3O5/c1-29(2)16-15-27-26(31)23-22(32-3)14-13-21(24(23)33-4)28-25(30)18-9-8-12-20(17-18)34-19-10-6-5-7-11-19/h5-14,17H,15-16H2,1-4H3,(H,27,31)(H,28,30). The first-order valence-corrected chi connectivity index (χ1v) is 10.7.